The maximum Gasteiger partial charge on any atom is 0.137 e. The van der Waals surface area contributed by atoms with E-state index in [4.69, 9.17) is 11.6 Å². The molecule has 1 saturated heterocycles. The SMILES string of the molecule is Clc1ccc2nc(CC3CCCCS3)cn2c1. The van der Waals surface area contributed by atoms with Gasteiger partial charge in [-0.2, -0.15) is 11.8 Å². The molecule has 0 bridgehead atoms. The Morgan fingerprint density at radius 1 is 1.35 bits per heavy atom. The third-order valence-corrected chi connectivity index (χ3v) is 4.80. The zero-order valence-corrected chi connectivity index (χ0v) is 11.2. The molecular weight excluding hydrogens is 252 g/mol. The molecule has 1 aliphatic heterocycles. The van der Waals surface area contributed by atoms with Gasteiger partial charge >= 0.3 is 0 Å². The Morgan fingerprint density at radius 3 is 3.12 bits per heavy atom. The number of fused-ring (bicyclic) bond motifs is 1. The first-order valence-corrected chi connectivity index (χ1v) is 7.49. The molecule has 0 radical (unpaired) electrons. The lowest BCUT2D eigenvalue weighted by Crippen LogP contribution is -2.12. The molecule has 0 spiro atoms. The van der Waals surface area contributed by atoms with Crippen LogP contribution < -0.4 is 0 Å². The highest BCUT2D eigenvalue weighted by atomic mass is 35.5. The highest BCUT2D eigenvalue weighted by Gasteiger charge is 2.15. The van der Waals surface area contributed by atoms with Crippen LogP contribution in [-0.4, -0.2) is 20.4 Å². The van der Waals surface area contributed by atoms with Gasteiger partial charge in [0.2, 0.25) is 0 Å². The second-order valence-electron chi connectivity index (χ2n) is 4.54. The Balaban J connectivity index is 1.80. The van der Waals surface area contributed by atoms with Gasteiger partial charge in [-0.05, 0) is 30.7 Å². The van der Waals surface area contributed by atoms with E-state index in [-0.39, 0.29) is 0 Å². The minimum atomic E-state index is 0.754. The molecular formula is C13H15ClN2S. The maximum absolute atomic E-state index is 5.97. The molecule has 17 heavy (non-hydrogen) atoms. The van der Waals surface area contributed by atoms with Crippen molar-refractivity contribution >= 4 is 29.0 Å². The summed E-state index contributed by atoms with van der Waals surface area (Å²) in [5.74, 6) is 1.31. The molecule has 0 amide bonds. The van der Waals surface area contributed by atoms with Crippen molar-refractivity contribution < 1.29 is 0 Å². The molecule has 2 aromatic heterocycles. The van der Waals surface area contributed by atoms with Gasteiger partial charge in [0.25, 0.3) is 0 Å². The number of pyridine rings is 1. The number of aromatic nitrogens is 2. The van der Waals surface area contributed by atoms with Gasteiger partial charge in [0, 0.05) is 24.1 Å². The Hall–Kier alpha value is -0.670. The molecule has 0 aliphatic carbocycles. The van der Waals surface area contributed by atoms with E-state index in [1.165, 1.54) is 30.7 Å². The van der Waals surface area contributed by atoms with Gasteiger partial charge in [0.05, 0.1) is 10.7 Å². The fourth-order valence-electron chi connectivity index (χ4n) is 2.32. The van der Waals surface area contributed by atoms with Crippen LogP contribution in [0.4, 0.5) is 0 Å². The van der Waals surface area contributed by atoms with E-state index in [0.717, 1.165) is 22.3 Å². The van der Waals surface area contributed by atoms with Crippen molar-refractivity contribution in [3.05, 3.63) is 35.2 Å². The fourth-order valence-corrected chi connectivity index (χ4v) is 3.81. The summed E-state index contributed by atoms with van der Waals surface area (Å²) < 4.78 is 2.02. The smallest absolute Gasteiger partial charge is 0.137 e. The van der Waals surface area contributed by atoms with Crippen LogP contribution >= 0.6 is 23.4 Å². The van der Waals surface area contributed by atoms with E-state index in [0.29, 0.717) is 0 Å². The molecule has 0 saturated carbocycles. The number of rotatable bonds is 2. The van der Waals surface area contributed by atoms with Crippen LogP contribution in [0.5, 0.6) is 0 Å². The van der Waals surface area contributed by atoms with Crippen molar-refractivity contribution in [2.75, 3.05) is 5.75 Å². The lowest BCUT2D eigenvalue weighted by molar-refractivity contribution is 0.656. The quantitative estimate of drug-likeness (QED) is 0.822. The lowest BCUT2D eigenvalue weighted by Gasteiger charge is -2.19. The van der Waals surface area contributed by atoms with Crippen LogP contribution in [0.25, 0.3) is 5.65 Å². The molecule has 90 valence electrons. The predicted molar refractivity (Wildman–Crippen MR) is 74.0 cm³/mol. The molecule has 2 aromatic rings. The molecule has 2 nitrogen and oxygen atoms in total. The summed E-state index contributed by atoms with van der Waals surface area (Å²) in [7, 11) is 0. The molecule has 0 aromatic carbocycles. The third kappa shape index (κ3) is 2.61. The van der Waals surface area contributed by atoms with Crippen molar-refractivity contribution in [3.8, 4) is 0 Å². The van der Waals surface area contributed by atoms with E-state index in [9.17, 15) is 0 Å². The van der Waals surface area contributed by atoms with Crippen LogP contribution in [0.3, 0.4) is 0 Å². The van der Waals surface area contributed by atoms with Crippen LogP contribution in [0.2, 0.25) is 5.02 Å². The average Bonchev–Trinajstić information content (AvgIpc) is 2.71. The zero-order valence-electron chi connectivity index (χ0n) is 9.60. The molecule has 4 heteroatoms. The highest BCUT2D eigenvalue weighted by molar-refractivity contribution is 7.99. The lowest BCUT2D eigenvalue weighted by atomic mass is 10.1. The van der Waals surface area contributed by atoms with E-state index in [1.807, 2.05) is 22.7 Å². The van der Waals surface area contributed by atoms with Crippen molar-refractivity contribution in [2.45, 2.75) is 30.9 Å². The Labute approximate surface area is 110 Å². The summed E-state index contributed by atoms with van der Waals surface area (Å²) >= 11 is 8.06. The monoisotopic (exact) mass is 266 g/mol. The Bertz CT molecular complexity index is 517. The molecule has 1 unspecified atom stereocenters. The van der Waals surface area contributed by atoms with E-state index >= 15 is 0 Å². The van der Waals surface area contributed by atoms with Gasteiger partial charge < -0.3 is 4.40 Å². The number of imidazole rings is 1. The first kappa shape index (κ1) is 11.4. The number of thioether (sulfide) groups is 1. The zero-order chi connectivity index (χ0) is 11.7. The third-order valence-electron chi connectivity index (χ3n) is 3.18. The minimum absolute atomic E-state index is 0.754. The number of nitrogens with zero attached hydrogens (tertiary/aromatic N) is 2. The topological polar surface area (TPSA) is 17.3 Å². The second kappa shape index (κ2) is 4.91. The van der Waals surface area contributed by atoms with Gasteiger partial charge in [-0.3, -0.25) is 0 Å². The summed E-state index contributed by atoms with van der Waals surface area (Å²) in [6.45, 7) is 0. The van der Waals surface area contributed by atoms with Crippen molar-refractivity contribution in [1.29, 1.82) is 0 Å². The average molecular weight is 267 g/mol. The Kier molecular flexibility index (Phi) is 3.30. The predicted octanol–water partition coefficient (Wildman–Crippen LogP) is 3.82. The summed E-state index contributed by atoms with van der Waals surface area (Å²) in [4.78, 5) is 4.64. The first-order valence-electron chi connectivity index (χ1n) is 6.06. The van der Waals surface area contributed by atoms with Gasteiger partial charge in [-0.25, -0.2) is 4.98 Å². The van der Waals surface area contributed by atoms with Crippen molar-refractivity contribution in [3.63, 3.8) is 0 Å². The summed E-state index contributed by atoms with van der Waals surface area (Å²) in [6.07, 6.45) is 9.19. The normalized spacial score (nSPS) is 20.9. The molecule has 1 fully saturated rings. The van der Waals surface area contributed by atoms with Gasteiger partial charge in [0.15, 0.2) is 0 Å². The molecule has 0 N–H and O–H groups in total. The van der Waals surface area contributed by atoms with Gasteiger partial charge in [-0.1, -0.05) is 18.0 Å². The van der Waals surface area contributed by atoms with Crippen LogP contribution in [0, 0.1) is 0 Å². The van der Waals surface area contributed by atoms with Crippen LogP contribution in [0.1, 0.15) is 25.0 Å². The number of halogens is 1. The summed E-state index contributed by atoms with van der Waals surface area (Å²) in [6, 6.07) is 3.86. The van der Waals surface area contributed by atoms with E-state index in [2.05, 4.69) is 22.9 Å². The minimum Gasteiger partial charge on any atom is -0.305 e. The molecule has 1 aliphatic rings. The van der Waals surface area contributed by atoms with Crippen LogP contribution in [-0.2, 0) is 6.42 Å². The molecule has 1 atom stereocenters. The number of hydrogen-bond donors (Lipinski definition) is 0. The molecule has 3 heterocycles. The van der Waals surface area contributed by atoms with Gasteiger partial charge in [0.1, 0.15) is 5.65 Å². The van der Waals surface area contributed by atoms with Crippen molar-refractivity contribution in [2.24, 2.45) is 0 Å². The standard InChI is InChI=1S/C13H15ClN2S/c14-10-4-5-13-15-11(9-16(13)8-10)7-12-3-1-2-6-17-12/h4-5,8-9,12H,1-3,6-7H2. The van der Waals surface area contributed by atoms with Crippen molar-refractivity contribution in [1.82, 2.24) is 9.38 Å². The maximum atomic E-state index is 5.97. The Morgan fingerprint density at radius 2 is 2.29 bits per heavy atom. The van der Waals surface area contributed by atoms with E-state index in [1.54, 1.807) is 0 Å². The fraction of sp³-hybridized carbons (Fsp3) is 0.462. The largest absolute Gasteiger partial charge is 0.305 e. The summed E-state index contributed by atoms with van der Waals surface area (Å²) in [5, 5.41) is 1.51. The second-order valence-corrected chi connectivity index (χ2v) is 6.38. The summed E-state index contributed by atoms with van der Waals surface area (Å²) in [5.41, 5.74) is 2.18. The van der Waals surface area contributed by atoms with E-state index < -0.39 is 0 Å². The molecule has 3 rings (SSSR count). The van der Waals surface area contributed by atoms with Crippen LogP contribution in [0.15, 0.2) is 24.5 Å². The highest BCUT2D eigenvalue weighted by Crippen LogP contribution is 2.27. The number of hydrogen-bond acceptors (Lipinski definition) is 2. The van der Waals surface area contributed by atoms with Gasteiger partial charge in [-0.15, -0.1) is 0 Å². The first-order chi connectivity index (χ1) is 8.31.